The van der Waals surface area contributed by atoms with Crippen molar-refractivity contribution in [3.05, 3.63) is 132 Å². The summed E-state index contributed by atoms with van der Waals surface area (Å²) in [4.78, 5) is 19.5. The molecule has 0 bridgehead atoms. The van der Waals surface area contributed by atoms with E-state index in [1.165, 1.54) is 11.3 Å². The first-order valence-electron chi connectivity index (χ1n) is 14.4. The number of thiazole rings is 1. The maximum atomic E-state index is 13.8. The smallest absolute Gasteiger partial charge is 0.266 e. The van der Waals surface area contributed by atoms with Crippen LogP contribution < -0.4 is 5.56 Å². The predicted octanol–water partition coefficient (Wildman–Crippen LogP) is 10.2. The lowest BCUT2D eigenvalue weighted by Gasteiger charge is -2.05. The van der Waals surface area contributed by atoms with Crippen LogP contribution >= 0.6 is 11.3 Å². The number of rotatable bonds is 2. The zero-order valence-electron chi connectivity index (χ0n) is 23.1. The summed E-state index contributed by atoms with van der Waals surface area (Å²) >= 11 is 1.53. The Morgan fingerprint density at radius 3 is 1.75 bits per heavy atom. The van der Waals surface area contributed by atoms with Crippen LogP contribution in [0.2, 0.25) is 0 Å². The summed E-state index contributed by atoms with van der Waals surface area (Å²) in [6, 6.07) is 40.9. The molecule has 0 atom stereocenters. The van der Waals surface area contributed by atoms with E-state index in [1.807, 2.05) is 72.8 Å². The average molecular weight is 585 g/mol. The van der Waals surface area contributed by atoms with Crippen LogP contribution in [0.4, 0.5) is 0 Å². The van der Waals surface area contributed by atoms with E-state index < -0.39 is 0 Å². The van der Waals surface area contributed by atoms with Crippen molar-refractivity contribution >= 4 is 81.3 Å². The summed E-state index contributed by atoms with van der Waals surface area (Å²) in [5.74, 6) is 0. The fourth-order valence-corrected chi connectivity index (χ4v) is 7.56. The molecule has 0 N–H and O–H groups in total. The van der Waals surface area contributed by atoms with Gasteiger partial charge in [-0.15, -0.1) is 0 Å². The van der Waals surface area contributed by atoms with Crippen LogP contribution in [-0.2, 0) is 0 Å². The monoisotopic (exact) mass is 584 g/mol. The molecule has 4 aromatic heterocycles. The molecule has 5 nitrogen and oxygen atoms in total. The molecule has 4 heterocycles. The maximum Gasteiger partial charge on any atom is 0.266 e. The van der Waals surface area contributed by atoms with Gasteiger partial charge in [-0.2, -0.15) is 0 Å². The Morgan fingerprint density at radius 2 is 1.07 bits per heavy atom. The van der Waals surface area contributed by atoms with Crippen molar-refractivity contribution in [2.45, 2.75) is 0 Å². The summed E-state index contributed by atoms with van der Waals surface area (Å²) in [6.07, 6.45) is 0. The largest absolute Gasteiger partial charge is 0.456 e. The van der Waals surface area contributed by atoms with E-state index >= 15 is 0 Å². The lowest BCUT2D eigenvalue weighted by atomic mass is 10.0. The van der Waals surface area contributed by atoms with Gasteiger partial charge < -0.3 is 8.83 Å². The highest BCUT2D eigenvalue weighted by atomic mass is 32.1. The summed E-state index contributed by atoms with van der Waals surface area (Å²) in [5, 5.41) is 4.96. The molecule has 206 valence electrons. The van der Waals surface area contributed by atoms with Crippen LogP contribution in [0.3, 0.4) is 0 Å². The lowest BCUT2D eigenvalue weighted by Crippen LogP contribution is -2.13. The summed E-state index contributed by atoms with van der Waals surface area (Å²) < 4.78 is 14.8. The fourth-order valence-electron chi connectivity index (χ4n) is 6.50. The molecule has 10 rings (SSSR count). The molecule has 0 aliphatic carbocycles. The molecule has 0 spiro atoms. The number of benzene rings is 6. The molecule has 44 heavy (non-hydrogen) atoms. The molecule has 6 aromatic carbocycles. The van der Waals surface area contributed by atoms with Gasteiger partial charge in [-0.3, -0.25) is 9.20 Å². The van der Waals surface area contributed by atoms with Crippen LogP contribution in [0.25, 0.3) is 92.2 Å². The summed E-state index contributed by atoms with van der Waals surface area (Å²) in [7, 11) is 0. The lowest BCUT2D eigenvalue weighted by molar-refractivity contribution is 0.668. The molecule has 10 aromatic rings. The number of aromatic nitrogens is 2. The van der Waals surface area contributed by atoms with E-state index in [2.05, 4.69) is 48.5 Å². The van der Waals surface area contributed by atoms with E-state index in [0.717, 1.165) is 76.3 Å². The van der Waals surface area contributed by atoms with Crippen LogP contribution in [0.5, 0.6) is 0 Å². The minimum Gasteiger partial charge on any atom is -0.456 e. The maximum absolute atomic E-state index is 13.8. The molecule has 0 aliphatic heterocycles. The van der Waals surface area contributed by atoms with Gasteiger partial charge >= 0.3 is 0 Å². The zero-order valence-corrected chi connectivity index (χ0v) is 23.9. The topological polar surface area (TPSA) is 60.7 Å². The number of fused-ring (bicyclic) bond motifs is 10. The molecular weight excluding hydrogens is 564 g/mol. The molecule has 0 saturated carbocycles. The van der Waals surface area contributed by atoms with E-state index in [0.29, 0.717) is 15.9 Å². The fraction of sp³-hybridized carbons (Fsp3) is 0. The molecule has 6 heteroatoms. The Labute approximate surface area is 252 Å². The van der Waals surface area contributed by atoms with Crippen molar-refractivity contribution in [3.63, 3.8) is 0 Å². The van der Waals surface area contributed by atoms with Gasteiger partial charge in [0.05, 0.1) is 21.1 Å². The predicted molar refractivity (Wildman–Crippen MR) is 180 cm³/mol. The van der Waals surface area contributed by atoms with E-state index in [9.17, 15) is 4.79 Å². The highest BCUT2D eigenvalue weighted by Crippen LogP contribution is 2.36. The number of furan rings is 2. The first kappa shape index (κ1) is 23.8. The summed E-state index contributed by atoms with van der Waals surface area (Å²) in [5.41, 5.74) is 9.22. The first-order valence-corrected chi connectivity index (χ1v) is 15.2. The van der Waals surface area contributed by atoms with Crippen molar-refractivity contribution in [2.75, 3.05) is 0 Å². The van der Waals surface area contributed by atoms with Gasteiger partial charge in [0, 0.05) is 21.5 Å². The minimum atomic E-state index is -0.0573. The van der Waals surface area contributed by atoms with Crippen LogP contribution in [-0.4, -0.2) is 9.38 Å². The Kier molecular flexibility index (Phi) is 4.68. The zero-order chi connectivity index (χ0) is 28.9. The van der Waals surface area contributed by atoms with Crippen molar-refractivity contribution in [2.24, 2.45) is 0 Å². The minimum absolute atomic E-state index is 0.0573. The third-order valence-electron chi connectivity index (χ3n) is 8.66. The number of para-hydroxylation sites is 2. The quantitative estimate of drug-likeness (QED) is 0.203. The molecule has 0 aliphatic rings. The Balaban J connectivity index is 1.11. The third kappa shape index (κ3) is 3.34. The Hall–Kier alpha value is -5.72. The number of hydrogen-bond donors (Lipinski definition) is 0. The molecule has 0 unspecified atom stereocenters. The number of hydrogen-bond acceptors (Lipinski definition) is 5. The van der Waals surface area contributed by atoms with Gasteiger partial charge in [-0.05, 0) is 82.9 Å². The van der Waals surface area contributed by atoms with Crippen molar-refractivity contribution < 1.29 is 8.83 Å². The second kappa shape index (κ2) is 8.66. The highest BCUT2D eigenvalue weighted by molar-refractivity contribution is 7.23. The van der Waals surface area contributed by atoms with Crippen molar-refractivity contribution in [1.29, 1.82) is 0 Å². The van der Waals surface area contributed by atoms with Gasteiger partial charge in [0.25, 0.3) is 5.56 Å². The van der Waals surface area contributed by atoms with Gasteiger partial charge in [0.2, 0.25) is 0 Å². The normalized spacial score (nSPS) is 12.2. The molecule has 0 saturated heterocycles. The molecule has 0 fully saturated rings. The van der Waals surface area contributed by atoms with Crippen LogP contribution in [0.15, 0.2) is 135 Å². The van der Waals surface area contributed by atoms with Gasteiger partial charge in [-0.1, -0.05) is 72.0 Å². The average Bonchev–Trinajstić information content (AvgIpc) is 3.74. The molecule has 0 radical (unpaired) electrons. The third-order valence-corrected chi connectivity index (χ3v) is 9.66. The number of nitrogens with zero attached hydrogens (tertiary/aromatic N) is 2. The second-order valence-electron chi connectivity index (χ2n) is 11.2. The van der Waals surface area contributed by atoms with Crippen molar-refractivity contribution in [1.82, 2.24) is 9.38 Å². The standard InChI is InChI=1S/C38H20N2O3S/c41-37-27-13-9-23(21-11-15-34-28(17-21)25-5-1-3-7-32(25)42-34)19-30(27)39-38-40(37)31-14-10-24(20-36(31)44-38)22-12-16-35-29(18-22)26-6-2-4-8-33(26)43-35/h1-20H. The highest BCUT2D eigenvalue weighted by Gasteiger charge is 2.15. The Bertz CT molecular complexity index is 2870. The van der Waals surface area contributed by atoms with E-state index in [-0.39, 0.29) is 5.56 Å². The first-order chi connectivity index (χ1) is 21.7. The van der Waals surface area contributed by atoms with Crippen LogP contribution in [0, 0.1) is 0 Å². The molecular formula is C38H20N2O3S. The molecule has 0 amide bonds. The van der Waals surface area contributed by atoms with E-state index in [4.69, 9.17) is 13.8 Å². The Morgan fingerprint density at radius 1 is 0.523 bits per heavy atom. The van der Waals surface area contributed by atoms with Gasteiger partial charge in [0.1, 0.15) is 22.3 Å². The van der Waals surface area contributed by atoms with Gasteiger partial charge in [0.15, 0.2) is 4.96 Å². The van der Waals surface area contributed by atoms with Gasteiger partial charge in [-0.25, -0.2) is 4.98 Å². The SMILES string of the molecule is O=c1c2ccc(-c3ccc4oc5ccccc5c4c3)cc2nc2sc3cc(-c4ccc5oc6ccccc6c5c4)ccc3n12. The van der Waals surface area contributed by atoms with Crippen molar-refractivity contribution in [3.8, 4) is 22.3 Å². The van der Waals surface area contributed by atoms with Crippen LogP contribution in [0.1, 0.15) is 0 Å². The van der Waals surface area contributed by atoms with E-state index in [1.54, 1.807) is 4.40 Å². The second-order valence-corrected chi connectivity index (χ2v) is 12.2. The summed E-state index contributed by atoms with van der Waals surface area (Å²) in [6.45, 7) is 0.